The number of nitrogens with zero attached hydrogens (tertiary/aromatic N) is 2. The van der Waals surface area contributed by atoms with Crippen LogP contribution in [-0.4, -0.2) is 58.9 Å². The predicted octanol–water partition coefficient (Wildman–Crippen LogP) is 4.95. The fraction of sp³-hybridized carbons (Fsp3) is 0.536. The SMILES string of the molecule is COc1ccc(OC)c(S(=O)(=O)NC[C@@H]2CCCC[C@H]2CN2CCC(c3noc4cc(F)ccc34)CC2)c1. The Labute approximate surface area is 223 Å². The van der Waals surface area contributed by atoms with Crippen LogP contribution in [0, 0.1) is 17.7 Å². The summed E-state index contributed by atoms with van der Waals surface area (Å²) >= 11 is 0. The second kappa shape index (κ2) is 11.6. The number of piperidine rings is 1. The van der Waals surface area contributed by atoms with E-state index in [4.69, 9.17) is 14.0 Å². The molecular weight excluding hydrogens is 509 g/mol. The first-order valence-electron chi connectivity index (χ1n) is 13.4. The Morgan fingerprint density at radius 1 is 1.03 bits per heavy atom. The van der Waals surface area contributed by atoms with E-state index in [-0.39, 0.29) is 16.6 Å². The summed E-state index contributed by atoms with van der Waals surface area (Å²) in [6.07, 6.45) is 6.36. The maximum Gasteiger partial charge on any atom is 0.244 e. The smallest absolute Gasteiger partial charge is 0.244 e. The fourth-order valence-electron chi connectivity index (χ4n) is 6.03. The summed E-state index contributed by atoms with van der Waals surface area (Å²) in [4.78, 5) is 2.60. The van der Waals surface area contributed by atoms with Crippen LogP contribution in [0.4, 0.5) is 4.39 Å². The van der Waals surface area contributed by atoms with Gasteiger partial charge in [0, 0.05) is 36.5 Å². The average Bonchev–Trinajstić information content (AvgIpc) is 3.35. The van der Waals surface area contributed by atoms with Crippen LogP contribution in [0.3, 0.4) is 0 Å². The molecule has 5 rings (SSSR count). The molecule has 0 radical (unpaired) electrons. The van der Waals surface area contributed by atoms with Crippen LogP contribution < -0.4 is 14.2 Å². The molecule has 2 aliphatic rings. The van der Waals surface area contributed by atoms with Gasteiger partial charge in [0.1, 0.15) is 22.2 Å². The molecule has 206 valence electrons. The highest BCUT2D eigenvalue weighted by atomic mass is 32.2. The Morgan fingerprint density at radius 2 is 1.79 bits per heavy atom. The Hall–Kier alpha value is -2.69. The lowest BCUT2D eigenvalue weighted by atomic mass is 9.78. The average molecular weight is 546 g/mol. The molecule has 2 heterocycles. The van der Waals surface area contributed by atoms with Crippen LogP contribution in [0.5, 0.6) is 11.5 Å². The Kier molecular flexibility index (Phi) is 8.20. The molecule has 1 N–H and O–H groups in total. The maximum atomic E-state index is 13.5. The molecule has 1 saturated heterocycles. The third kappa shape index (κ3) is 5.82. The van der Waals surface area contributed by atoms with Crippen molar-refractivity contribution in [2.24, 2.45) is 11.8 Å². The highest BCUT2D eigenvalue weighted by Crippen LogP contribution is 2.36. The minimum absolute atomic E-state index is 0.0944. The quantitative estimate of drug-likeness (QED) is 0.407. The Bertz CT molecular complexity index is 1350. The molecule has 2 fully saturated rings. The summed E-state index contributed by atoms with van der Waals surface area (Å²) in [6, 6.07) is 9.41. The zero-order valence-electron chi connectivity index (χ0n) is 22.0. The van der Waals surface area contributed by atoms with Gasteiger partial charge in [-0.1, -0.05) is 18.0 Å². The van der Waals surface area contributed by atoms with Crippen LogP contribution in [-0.2, 0) is 10.0 Å². The largest absolute Gasteiger partial charge is 0.497 e. The summed E-state index contributed by atoms with van der Waals surface area (Å²) in [5.41, 5.74) is 1.43. The second-order valence-corrected chi connectivity index (χ2v) is 12.2. The molecule has 0 amide bonds. The number of hydrogen-bond donors (Lipinski definition) is 1. The van der Waals surface area contributed by atoms with Gasteiger partial charge in [0.2, 0.25) is 10.0 Å². The minimum Gasteiger partial charge on any atom is -0.497 e. The third-order valence-electron chi connectivity index (χ3n) is 8.19. The molecule has 2 atom stereocenters. The number of sulfonamides is 1. The van der Waals surface area contributed by atoms with Crippen molar-refractivity contribution in [1.82, 2.24) is 14.8 Å². The first kappa shape index (κ1) is 26.9. The molecule has 1 aliphatic carbocycles. The van der Waals surface area contributed by atoms with Crippen LogP contribution >= 0.6 is 0 Å². The van der Waals surface area contributed by atoms with Gasteiger partial charge in [-0.05, 0) is 74.9 Å². The molecule has 2 aromatic carbocycles. The number of ether oxygens (including phenoxy) is 2. The van der Waals surface area contributed by atoms with Crippen molar-refractivity contribution in [3.8, 4) is 11.5 Å². The molecule has 0 unspecified atom stereocenters. The number of methoxy groups -OCH3 is 2. The number of halogens is 1. The molecule has 8 nitrogen and oxygen atoms in total. The highest BCUT2D eigenvalue weighted by molar-refractivity contribution is 7.89. The van der Waals surface area contributed by atoms with Crippen molar-refractivity contribution in [2.45, 2.75) is 49.3 Å². The van der Waals surface area contributed by atoms with Crippen molar-refractivity contribution in [2.75, 3.05) is 40.4 Å². The van der Waals surface area contributed by atoms with Gasteiger partial charge in [-0.15, -0.1) is 0 Å². The van der Waals surface area contributed by atoms with Gasteiger partial charge >= 0.3 is 0 Å². The summed E-state index contributed by atoms with van der Waals surface area (Å²) < 4.78 is 58.7. The Morgan fingerprint density at radius 3 is 2.53 bits per heavy atom. The van der Waals surface area contributed by atoms with Crippen molar-refractivity contribution in [1.29, 1.82) is 0 Å². The number of hydrogen-bond acceptors (Lipinski definition) is 7. The Balaban J connectivity index is 1.19. The molecule has 1 aromatic heterocycles. The summed E-state index contributed by atoms with van der Waals surface area (Å²) in [5, 5.41) is 5.17. The van der Waals surface area contributed by atoms with Crippen molar-refractivity contribution >= 4 is 21.0 Å². The number of nitrogens with one attached hydrogen (secondary N) is 1. The third-order valence-corrected chi connectivity index (χ3v) is 9.64. The zero-order chi connectivity index (χ0) is 26.7. The van der Waals surface area contributed by atoms with Crippen molar-refractivity contribution < 1.29 is 26.8 Å². The lowest BCUT2D eigenvalue weighted by molar-refractivity contribution is 0.128. The van der Waals surface area contributed by atoms with Crippen LogP contribution in [0.1, 0.15) is 50.1 Å². The topological polar surface area (TPSA) is 93.9 Å². The minimum atomic E-state index is -3.75. The summed E-state index contributed by atoms with van der Waals surface area (Å²) in [6.45, 7) is 3.28. The van der Waals surface area contributed by atoms with Crippen molar-refractivity contribution in [3.63, 3.8) is 0 Å². The van der Waals surface area contributed by atoms with Gasteiger partial charge in [0.25, 0.3) is 0 Å². The molecule has 1 saturated carbocycles. The molecule has 3 aromatic rings. The van der Waals surface area contributed by atoms with Crippen LogP contribution in [0.2, 0.25) is 0 Å². The number of aromatic nitrogens is 1. The van der Waals surface area contributed by atoms with E-state index in [0.717, 1.165) is 62.8 Å². The number of benzene rings is 2. The van der Waals surface area contributed by atoms with E-state index in [9.17, 15) is 12.8 Å². The van der Waals surface area contributed by atoms with Gasteiger partial charge in [-0.25, -0.2) is 17.5 Å². The zero-order valence-corrected chi connectivity index (χ0v) is 22.8. The van der Waals surface area contributed by atoms with Crippen molar-refractivity contribution in [3.05, 3.63) is 47.9 Å². The fourth-order valence-corrected chi connectivity index (χ4v) is 7.30. The van der Waals surface area contributed by atoms with Gasteiger partial charge in [-0.2, -0.15) is 0 Å². The number of rotatable bonds is 9. The molecule has 10 heteroatoms. The molecule has 0 bridgehead atoms. The van der Waals surface area contributed by atoms with E-state index in [2.05, 4.69) is 14.8 Å². The van der Waals surface area contributed by atoms with E-state index in [1.165, 1.54) is 38.8 Å². The van der Waals surface area contributed by atoms with Gasteiger partial charge in [-0.3, -0.25) is 0 Å². The molecular formula is C28H36FN3O5S. The monoisotopic (exact) mass is 545 g/mol. The van der Waals surface area contributed by atoms with E-state index < -0.39 is 10.0 Å². The van der Waals surface area contributed by atoms with E-state index >= 15 is 0 Å². The first-order valence-corrected chi connectivity index (χ1v) is 14.8. The van der Waals surface area contributed by atoms with Gasteiger partial charge < -0.3 is 18.9 Å². The van der Waals surface area contributed by atoms with Gasteiger partial charge in [0.05, 0.1) is 19.9 Å². The van der Waals surface area contributed by atoms with Gasteiger partial charge in [0.15, 0.2) is 5.58 Å². The lowest BCUT2D eigenvalue weighted by Crippen LogP contribution is -2.42. The van der Waals surface area contributed by atoms with E-state index in [0.29, 0.717) is 35.5 Å². The standard InChI is InChI=1S/C28H36FN3O5S/c1-35-23-8-10-25(36-2)27(16-23)38(33,34)30-17-20-5-3-4-6-21(20)18-32-13-11-19(12-14-32)28-24-9-7-22(29)15-26(24)37-31-28/h7-10,15-16,19-21,30H,3-6,11-14,17-18H2,1-2H3/t20-,21-/m0/s1. The maximum absolute atomic E-state index is 13.5. The normalized spacial score (nSPS) is 21.6. The van der Waals surface area contributed by atoms with Crippen LogP contribution in [0.15, 0.2) is 45.8 Å². The number of likely N-dealkylation sites (tertiary alicyclic amines) is 1. The van der Waals surface area contributed by atoms with E-state index in [1.54, 1.807) is 18.2 Å². The number of fused-ring (bicyclic) bond motifs is 1. The van der Waals surface area contributed by atoms with Crippen LogP contribution in [0.25, 0.3) is 11.0 Å². The summed E-state index contributed by atoms with van der Waals surface area (Å²) in [7, 11) is -0.778. The predicted molar refractivity (Wildman–Crippen MR) is 143 cm³/mol. The highest BCUT2D eigenvalue weighted by Gasteiger charge is 2.31. The lowest BCUT2D eigenvalue weighted by Gasteiger charge is -2.38. The van der Waals surface area contributed by atoms with E-state index in [1.807, 2.05) is 0 Å². The molecule has 0 spiro atoms. The first-order chi connectivity index (χ1) is 18.4. The second-order valence-electron chi connectivity index (χ2n) is 10.5. The molecule has 38 heavy (non-hydrogen) atoms. The molecule has 1 aliphatic heterocycles. The summed E-state index contributed by atoms with van der Waals surface area (Å²) in [5.74, 6) is 1.46.